The highest BCUT2D eigenvalue weighted by Crippen LogP contribution is 2.32. The molecule has 2 rings (SSSR count). The summed E-state index contributed by atoms with van der Waals surface area (Å²) in [7, 11) is 0. The fourth-order valence-corrected chi connectivity index (χ4v) is 3.10. The zero-order valence-corrected chi connectivity index (χ0v) is 12.5. The summed E-state index contributed by atoms with van der Waals surface area (Å²) in [6, 6.07) is 0. The van der Waals surface area contributed by atoms with Crippen LogP contribution < -0.4 is 5.32 Å². The number of carbonyl (C=O) groups is 2. The average molecular weight is 298 g/mol. The van der Waals surface area contributed by atoms with Crippen LogP contribution >= 0.6 is 11.3 Å². The largest absolute Gasteiger partial charge is 0.481 e. The first kappa shape index (κ1) is 14.8. The van der Waals surface area contributed by atoms with E-state index >= 15 is 0 Å². The number of aromatic nitrogens is 1. The van der Waals surface area contributed by atoms with Crippen molar-refractivity contribution in [2.75, 3.05) is 5.32 Å². The van der Waals surface area contributed by atoms with Gasteiger partial charge in [0, 0.05) is 4.88 Å². The number of rotatable bonds is 2. The van der Waals surface area contributed by atoms with Gasteiger partial charge in [0.2, 0.25) is 0 Å². The van der Waals surface area contributed by atoms with Crippen molar-refractivity contribution in [3.8, 4) is 0 Å². The SMILES string of the molecule is CC(C)(C)OC(=O)Nc1nc2c(s1)C[C@@H](C(=O)O)CC2. The average Bonchev–Trinajstić information content (AvgIpc) is 2.66. The van der Waals surface area contributed by atoms with E-state index in [1.807, 2.05) is 0 Å². The van der Waals surface area contributed by atoms with Crippen LogP contribution in [0.25, 0.3) is 0 Å². The Morgan fingerprint density at radius 1 is 1.45 bits per heavy atom. The van der Waals surface area contributed by atoms with Crippen molar-refractivity contribution < 1.29 is 19.4 Å². The summed E-state index contributed by atoms with van der Waals surface area (Å²) < 4.78 is 5.16. The molecule has 1 heterocycles. The van der Waals surface area contributed by atoms with Crippen LogP contribution in [-0.2, 0) is 22.4 Å². The van der Waals surface area contributed by atoms with E-state index in [1.54, 1.807) is 20.8 Å². The minimum atomic E-state index is -0.772. The highest BCUT2D eigenvalue weighted by molar-refractivity contribution is 7.15. The van der Waals surface area contributed by atoms with E-state index in [2.05, 4.69) is 10.3 Å². The molecule has 0 unspecified atom stereocenters. The molecule has 1 aliphatic rings. The first-order chi connectivity index (χ1) is 9.24. The molecule has 20 heavy (non-hydrogen) atoms. The number of nitrogens with one attached hydrogen (secondary N) is 1. The molecule has 0 saturated heterocycles. The van der Waals surface area contributed by atoms with E-state index in [0.717, 1.165) is 10.6 Å². The number of carboxylic acids is 1. The Balaban J connectivity index is 2.03. The quantitative estimate of drug-likeness (QED) is 0.876. The molecule has 0 fully saturated rings. The number of anilines is 1. The second kappa shape index (κ2) is 5.40. The lowest BCUT2D eigenvalue weighted by Crippen LogP contribution is -2.27. The Bertz CT molecular complexity index is 533. The molecule has 0 bridgehead atoms. The van der Waals surface area contributed by atoms with E-state index in [0.29, 0.717) is 24.4 Å². The predicted molar refractivity (Wildman–Crippen MR) is 75.1 cm³/mol. The molecule has 6 nitrogen and oxygen atoms in total. The molecule has 1 aromatic rings. The molecule has 0 radical (unpaired) electrons. The Morgan fingerprint density at radius 2 is 2.15 bits per heavy atom. The molecule has 1 atom stereocenters. The number of amides is 1. The van der Waals surface area contributed by atoms with E-state index in [1.165, 1.54) is 11.3 Å². The van der Waals surface area contributed by atoms with E-state index < -0.39 is 17.7 Å². The molecule has 0 aliphatic heterocycles. The molecule has 7 heteroatoms. The summed E-state index contributed by atoms with van der Waals surface area (Å²) in [5.74, 6) is -1.12. The van der Waals surface area contributed by atoms with Crippen LogP contribution in [0.2, 0.25) is 0 Å². The standard InChI is InChI=1S/C13H18N2O4S/c1-13(2,3)19-12(18)15-11-14-8-5-4-7(10(16)17)6-9(8)20-11/h7H,4-6H2,1-3H3,(H,16,17)(H,14,15,18)/t7-/m0/s1. The molecular formula is C13H18N2O4S. The number of thiazole rings is 1. The summed E-state index contributed by atoms with van der Waals surface area (Å²) in [5.41, 5.74) is 0.327. The van der Waals surface area contributed by atoms with Crippen molar-refractivity contribution in [3.05, 3.63) is 10.6 Å². The summed E-state index contributed by atoms with van der Waals surface area (Å²) in [5, 5.41) is 12.1. The molecule has 1 aromatic heterocycles. The number of nitrogens with zero attached hydrogens (tertiary/aromatic N) is 1. The molecular weight excluding hydrogens is 280 g/mol. The van der Waals surface area contributed by atoms with Gasteiger partial charge in [-0.05, 0) is 40.0 Å². The number of hydrogen-bond donors (Lipinski definition) is 2. The Hall–Kier alpha value is -1.63. The lowest BCUT2D eigenvalue weighted by atomic mass is 9.91. The van der Waals surface area contributed by atoms with Crippen LogP contribution in [0.1, 0.15) is 37.8 Å². The van der Waals surface area contributed by atoms with Crippen LogP contribution in [0.15, 0.2) is 0 Å². The second-order valence-corrected chi connectivity index (χ2v) is 6.88. The number of ether oxygens (including phenoxy) is 1. The van der Waals surface area contributed by atoms with Crippen molar-refractivity contribution in [1.29, 1.82) is 0 Å². The third-order valence-corrected chi connectivity index (χ3v) is 3.93. The Labute approximate surface area is 121 Å². The minimum Gasteiger partial charge on any atom is -0.481 e. The zero-order valence-electron chi connectivity index (χ0n) is 11.7. The van der Waals surface area contributed by atoms with Crippen molar-refractivity contribution in [1.82, 2.24) is 4.98 Å². The van der Waals surface area contributed by atoms with E-state index in [-0.39, 0.29) is 5.92 Å². The van der Waals surface area contributed by atoms with Gasteiger partial charge in [0.15, 0.2) is 5.13 Å². The summed E-state index contributed by atoms with van der Waals surface area (Å²) in [6.45, 7) is 5.37. The summed E-state index contributed by atoms with van der Waals surface area (Å²) in [6.07, 6.45) is 1.17. The molecule has 110 valence electrons. The molecule has 0 spiro atoms. The summed E-state index contributed by atoms with van der Waals surface area (Å²) >= 11 is 1.32. The van der Waals surface area contributed by atoms with Crippen LogP contribution in [0.3, 0.4) is 0 Å². The number of carboxylic acid groups (broad SMARTS) is 1. The van der Waals surface area contributed by atoms with Crippen molar-refractivity contribution in [3.63, 3.8) is 0 Å². The van der Waals surface area contributed by atoms with Gasteiger partial charge >= 0.3 is 12.1 Å². The topological polar surface area (TPSA) is 88.5 Å². The Kier molecular flexibility index (Phi) is 3.99. The maximum Gasteiger partial charge on any atom is 0.413 e. The zero-order chi connectivity index (χ0) is 14.9. The van der Waals surface area contributed by atoms with Crippen LogP contribution in [0.4, 0.5) is 9.93 Å². The van der Waals surface area contributed by atoms with Gasteiger partial charge < -0.3 is 9.84 Å². The van der Waals surface area contributed by atoms with Gasteiger partial charge in [-0.3, -0.25) is 10.1 Å². The minimum absolute atomic E-state index is 0.350. The number of aryl methyl sites for hydroxylation is 1. The molecule has 0 aromatic carbocycles. The fourth-order valence-electron chi connectivity index (χ4n) is 2.03. The van der Waals surface area contributed by atoms with Gasteiger partial charge in [0.1, 0.15) is 5.60 Å². The lowest BCUT2D eigenvalue weighted by Gasteiger charge is -2.18. The van der Waals surface area contributed by atoms with Gasteiger partial charge in [0.25, 0.3) is 0 Å². The van der Waals surface area contributed by atoms with Gasteiger partial charge in [-0.1, -0.05) is 0 Å². The summed E-state index contributed by atoms with van der Waals surface area (Å²) in [4.78, 5) is 27.9. The van der Waals surface area contributed by atoms with Crippen molar-refractivity contribution >= 4 is 28.5 Å². The van der Waals surface area contributed by atoms with Crippen LogP contribution in [0.5, 0.6) is 0 Å². The first-order valence-corrected chi connectivity index (χ1v) is 7.27. The lowest BCUT2D eigenvalue weighted by molar-refractivity contribution is -0.142. The van der Waals surface area contributed by atoms with E-state index in [4.69, 9.17) is 9.84 Å². The maximum absolute atomic E-state index is 11.7. The van der Waals surface area contributed by atoms with Crippen molar-refractivity contribution in [2.45, 2.75) is 45.6 Å². The second-order valence-electron chi connectivity index (χ2n) is 5.79. The first-order valence-electron chi connectivity index (χ1n) is 6.46. The maximum atomic E-state index is 11.7. The number of carbonyl (C=O) groups excluding carboxylic acids is 1. The highest BCUT2D eigenvalue weighted by Gasteiger charge is 2.27. The predicted octanol–water partition coefficient (Wildman–Crippen LogP) is 2.68. The van der Waals surface area contributed by atoms with Gasteiger partial charge in [-0.15, -0.1) is 11.3 Å². The van der Waals surface area contributed by atoms with Gasteiger partial charge in [0.05, 0.1) is 11.6 Å². The van der Waals surface area contributed by atoms with Gasteiger partial charge in [-0.2, -0.15) is 0 Å². The third-order valence-electron chi connectivity index (χ3n) is 2.90. The van der Waals surface area contributed by atoms with Gasteiger partial charge in [-0.25, -0.2) is 9.78 Å². The molecule has 1 aliphatic carbocycles. The third kappa shape index (κ3) is 3.69. The number of aliphatic carboxylic acids is 1. The number of hydrogen-bond acceptors (Lipinski definition) is 5. The van der Waals surface area contributed by atoms with Crippen LogP contribution in [-0.4, -0.2) is 27.8 Å². The van der Waals surface area contributed by atoms with E-state index in [9.17, 15) is 9.59 Å². The smallest absolute Gasteiger partial charge is 0.413 e. The fraction of sp³-hybridized carbons (Fsp3) is 0.615. The molecule has 0 saturated carbocycles. The molecule has 2 N–H and O–H groups in total. The number of fused-ring (bicyclic) bond motifs is 1. The molecule has 1 amide bonds. The normalized spacial score (nSPS) is 18.2. The monoisotopic (exact) mass is 298 g/mol. The highest BCUT2D eigenvalue weighted by atomic mass is 32.1. The van der Waals surface area contributed by atoms with Crippen molar-refractivity contribution in [2.24, 2.45) is 5.92 Å². The Morgan fingerprint density at radius 3 is 2.75 bits per heavy atom. The van der Waals surface area contributed by atoms with Crippen LogP contribution in [0, 0.1) is 5.92 Å².